The molecule has 4 heteroatoms. The molecule has 62 valence electrons. The predicted molar refractivity (Wildman–Crippen MR) is 43.2 cm³/mol. The van der Waals surface area contributed by atoms with Gasteiger partial charge in [-0.3, -0.25) is 0 Å². The maximum absolute atomic E-state index is 9.40. The number of likely N-dealkylation sites (N-methyl/N-ethyl adjacent to an activating group) is 2. The molecule has 0 aromatic heterocycles. The van der Waals surface area contributed by atoms with Gasteiger partial charge in [-0.15, -0.1) is 0 Å². The average Bonchev–Trinajstić information content (AvgIpc) is 2.01. The summed E-state index contributed by atoms with van der Waals surface area (Å²) in [7, 11) is 3.53. The van der Waals surface area contributed by atoms with Crippen molar-refractivity contribution in [2.24, 2.45) is 5.73 Å². The first-order valence-electron chi connectivity index (χ1n) is 3.42. The first-order chi connectivity index (χ1) is 5.16. The first kappa shape index (κ1) is 7.94. The smallest absolute Gasteiger partial charge is 0.169 e. The van der Waals surface area contributed by atoms with Crippen molar-refractivity contribution in [3.63, 3.8) is 0 Å². The highest BCUT2D eigenvalue weighted by atomic mass is 16.3. The number of rotatable bonds is 1. The third-order valence-electron chi connectivity index (χ3n) is 1.72. The summed E-state index contributed by atoms with van der Waals surface area (Å²) in [5.74, 6) is 0. The zero-order valence-corrected chi connectivity index (χ0v) is 6.70. The summed E-state index contributed by atoms with van der Waals surface area (Å²) in [6.07, 6.45) is 2.89. The minimum atomic E-state index is -0.706. The van der Waals surface area contributed by atoms with Gasteiger partial charge in [0.25, 0.3) is 0 Å². The molecule has 0 fully saturated rings. The van der Waals surface area contributed by atoms with Crippen LogP contribution in [0.3, 0.4) is 0 Å². The van der Waals surface area contributed by atoms with Crippen LogP contribution in [0, 0.1) is 0 Å². The second-order valence-electron chi connectivity index (χ2n) is 2.47. The van der Waals surface area contributed by atoms with E-state index in [9.17, 15) is 5.11 Å². The number of nitrogens with zero attached hydrogens (tertiary/aromatic N) is 1. The molecule has 0 amide bonds. The van der Waals surface area contributed by atoms with Crippen molar-refractivity contribution in [3.8, 4) is 0 Å². The fourth-order valence-corrected chi connectivity index (χ4v) is 0.956. The molecule has 0 bridgehead atoms. The van der Waals surface area contributed by atoms with Crippen LogP contribution in [0.1, 0.15) is 0 Å². The molecule has 0 aromatic carbocycles. The minimum Gasteiger partial charge on any atom is -0.397 e. The van der Waals surface area contributed by atoms with E-state index < -0.39 is 6.23 Å². The number of aliphatic hydroxyl groups is 1. The Morgan fingerprint density at radius 1 is 1.73 bits per heavy atom. The Hall–Kier alpha value is -1.16. The quantitative estimate of drug-likeness (QED) is 0.462. The Morgan fingerprint density at radius 2 is 2.36 bits per heavy atom. The molecule has 1 heterocycles. The molecular formula is C7H13N3O. The molecule has 0 aromatic rings. The summed E-state index contributed by atoms with van der Waals surface area (Å²) < 4.78 is 0. The van der Waals surface area contributed by atoms with Gasteiger partial charge in [0.2, 0.25) is 0 Å². The number of aliphatic hydroxyl groups excluding tert-OH is 1. The van der Waals surface area contributed by atoms with Crippen LogP contribution in [0.2, 0.25) is 0 Å². The highest BCUT2D eigenvalue weighted by Gasteiger charge is 2.17. The van der Waals surface area contributed by atoms with Crippen molar-refractivity contribution in [1.82, 2.24) is 10.2 Å². The number of nitrogens with one attached hydrogen (secondary N) is 1. The molecule has 0 saturated carbocycles. The zero-order valence-electron chi connectivity index (χ0n) is 6.70. The summed E-state index contributed by atoms with van der Waals surface area (Å²) >= 11 is 0. The highest BCUT2D eigenvalue weighted by Crippen LogP contribution is 2.11. The van der Waals surface area contributed by atoms with Crippen LogP contribution in [0.4, 0.5) is 0 Å². The van der Waals surface area contributed by atoms with E-state index in [1.165, 1.54) is 0 Å². The van der Waals surface area contributed by atoms with Gasteiger partial charge in [-0.05, 0) is 6.08 Å². The largest absolute Gasteiger partial charge is 0.397 e. The lowest BCUT2D eigenvalue weighted by Gasteiger charge is -2.27. The zero-order chi connectivity index (χ0) is 8.43. The molecular weight excluding hydrogens is 142 g/mol. The van der Waals surface area contributed by atoms with Crippen molar-refractivity contribution in [3.05, 3.63) is 23.7 Å². The summed E-state index contributed by atoms with van der Waals surface area (Å²) in [6.45, 7) is 0. The third kappa shape index (κ3) is 1.30. The van der Waals surface area contributed by atoms with Crippen LogP contribution < -0.4 is 11.1 Å². The van der Waals surface area contributed by atoms with E-state index in [0.717, 1.165) is 5.70 Å². The van der Waals surface area contributed by atoms with Crippen molar-refractivity contribution in [1.29, 1.82) is 0 Å². The number of hydrogen-bond acceptors (Lipinski definition) is 4. The molecule has 4 nitrogen and oxygen atoms in total. The molecule has 0 radical (unpaired) electrons. The number of nitrogens with two attached hydrogens (primary N) is 1. The van der Waals surface area contributed by atoms with Crippen LogP contribution in [0.25, 0.3) is 0 Å². The van der Waals surface area contributed by atoms with E-state index >= 15 is 0 Å². The Kier molecular flexibility index (Phi) is 2.05. The average molecular weight is 155 g/mol. The molecule has 1 unspecified atom stereocenters. The van der Waals surface area contributed by atoms with E-state index in [2.05, 4.69) is 5.32 Å². The van der Waals surface area contributed by atoms with Crippen molar-refractivity contribution in [2.45, 2.75) is 6.23 Å². The summed E-state index contributed by atoms with van der Waals surface area (Å²) in [5, 5.41) is 12.3. The van der Waals surface area contributed by atoms with Crippen LogP contribution in [0.15, 0.2) is 23.7 Å². The molecule has 1 atom stereocenters. The molecule has 1 aliphatic heterocycles. The van der Waals surface area contributed by atoms with Gasteiger partial charge in [0.15, 0.2) is 6.23 Å². The van der Waals surface area contributed by atoms with Crippen molar-refractivity contribution >= 4 is 0 Å². The lowest BCUT2D eigenvalue weighted by molar-refractivity contribution is 0.0829. The minimum absolute atomic E-state index is 0.456. The van der Waals surface area contributed by atoms with E-state index in [1.807, 2.05) is 6.08 Å². The Morgan fingerprint density at radius 3 is 2.91 bits per heavy atom. The summed E-state index contributed by atoms with van der Waals surface area (Å²) in [5.41, 5.74) is 6.83. The van der Waals surface area contributed by atoms with Crippen LogP contribution in [-0.4, -0.2) is 30.3 Å². The highest BCUT2D eigenvalue weighted by molar-refractivity contribution is 5.27. The van der Waals surface area contributed by atoms with Gasteiger partial charge < -0.3 is 21.1 Å². The van der Waals surface area contributed by atoms with Gasteiger partial charge >= 0.3 is 0 Å². The van der Waals surface area contributed by atoms with E-state index in [0.29, 0.717) is 5.70 Å². The predicted octanol–water partition coefficient (Wildman–Crippen LogP) is -0.846. The Bertz CT molecular complexity index is 210. The van der Waals surface area contributed by atoms with E-state index in [4.69, 9.17) is 5.73 Å². The summed E-state index contributed by atoms with van der Waals surface area (Å²) in [6, 6.07) is 0. The van der Waals surface area contributed by atoms with E-state index in [1.54, 1.807) is 25.2 Å². The second kappa shape index (κ2) is 2.84. The molecule has 4 N–H and O–H groups in total. The van der Waals surface area contributed by atoms with Gasteiger partial charge in [0.05, 0.1) is 11.4 Å². The lowest BCUT2D eigenvalue weighted by Crippen LogP contribution is -2.37. The maximum Gasteiger partial charge on any atom is 0.169 e. The Labute approximate surface area is 66.0 Å². The molecule has 11 heavy (non-hydrogen) atoms. The second-order valence-corrected chi connectivity index (χ2v) is 2.47. The van der Waals surface area contributed by atoms with Gasteiger partial charge in [-0.1, -0.05) is 0 Å². The van der Waals surface area contributed by atoms with Crippen molar-refractivity contribution in [2.75, 3.05) is 14.1 Å². The fourth-order valence-electron chi connectivity index (χ4n) is 0.956. The van der Waals surface area contributed by atoms with E-state index in [-0.39, 0.29) is 0 Å². The normalized spacial score (nSPS) is 24.3. The van der Waals surface area contributed by atoms with Crippen LogP contribution >= 0.6 is 0 Å². The first-order valence-corrected chi connectivity index (χ1v) is 3.42. The lowest BCUT2D eigenvalue weighted by atomic mass is 10.2. The van der Waals surface area contributed by atoms with Crippen LogP contribution in [0.5, 0.6) is 0 Å². The van der Waals surface area contributed by atoms with Gasteiger partial charge in [0, 0.05) is 20.3 Å². The topological polar surface area (TPSA) is 61.5 Å². The van der Waals surface area contributed by atoms with Crippen LogP contribution in [-0.2, 0) is 0 Å². The molecule has 0 saturated heterocycles. The standard InChI is InChI=1S/C7H13N3O/c1-9-5-3-4-10(2)7(11)6(5)8/h3-4,7,9,11H,8H2,1-2H3. The summed E-state index contributed by atoms with van der Waals surface area (Å²) in [4.78, 5) is 1.64. The van der Waals surface area contributed by atoms with Crippen molar-refractivity contribution < 1.29 is 5.11 Å². The number of allylic oxidation sites excluding steroid dienone is 1. The molecule has 0 aliphatic carbocycles. The van der Waals surface area contributed by atoms with Gasteiger partial charge in [-0.25, -0.2) is 0 Å². The van der Waals surface area contributed by atoms with Gasteiger partial charge in [-0.2, -0.15) is 0 Å². The third-order valence-corrected chi connectivity index (χ3v) is 1.72. The SMILES string of the molecule is CNC1=C(N)C(O)N(C)C=C1. The Balaban J connectivity index is 2.87. The molecule has 1 rings (SSSR count). The maximum atomic E-state index is 9.40. The number of hydrogen-bond donors (Lipinski definition) is 3. The monoisotopic (exact) mass is 155 g/mol. The molecule has 0 spiro atoms. The molecule has 1 aliphatic rings. The van der Waals surface area contributed by atoms with Gasteiger partial charge in [0.1, 0.15) is 0 Å². The fraction of sp³-hybridized carbons (Fsp3) is 0.429.